The van der Waals surface area contributed by atoms with Crippen molar-refractivity contribution in [3.05, 3.63) is 121 Å². The summed E-state index contributed by atoms with van der Waals surface area (Å²) in [7, 11) is -11.7. The van der Waals surface area contributed by atoms with Gasteiger partial charge in [-0.3, -0.25) is 0 Å². The first-order valence-electron chi connectivity index (χ1n) is 19.7. The first-order valence-corrected chi connectivity index (χ1v) is 24.6. The van der Waals surface area contributed by atoms with E-state index in [-0.39, 0.29) is 0 Å². The van der Waals surface area contributed by atoms with E-state index in [1.807, 2.05) is 0 Å². The van der Waals surface area contributed by atoms with Crippen molar-refractivity contribution in [3.63, 3.8) is 0 Å². The fraction of sp³-hybridized carbons (Fsp3) is 0.429. The van der Waals surface area contributed by atoms with Crippen LogP contribution < -0.4 is 21.2 Å². The molecule has 0 saturated carbocycles. The molecule has 4 aromatic carbocycles. The van der Waals surface area contributed by atoms with Crippen molar-refractivity contribution >= 4 is 35.7 Å². The van der Waals surface area contributed by atoms with Crippen LogP contribution in [0.1, 0.15) is 0 Å². The van der Waals surface area contributed by atoms with E-state index in [4.69, 9.17) is 0 Å². The average Bonchev–Trinajstić information content (AvgIpc) is 3.30. The number of hydrogen-bond donors (Lipinski definition) is 0. The van der Waals surface area contributed by atoms with Gasteiger partial charge in [0.05, 0.1) is 0 Å². The Morgan fingerprint density at radius 3 is 0.625 bits per heavy atom. The van der Waals surface area contributed by atoms with Gasteiger partial charge in [-0.25, -0.2) is 0 Å². The van der Waals surface area contributed by atoms with Crippen LogP contribution >= 0.6 is 14.5 Å². The van der Waals surface area contributed by atoms with Gasteiger partial charge in [0.1, 0.15) is 0 Å². The molecular weight excluding hydrogens is 1100 g/mol. The second kappa shape index (κ2) is 19.5. The van der Waals surface area contributed by atoms with Crippen LogP contribution in [0.15, 0.2) is 121 Å². The summed E-state index contributed by atoms with van der Waals surface area (Å²) in [5, 5.41) is -3.20. The molecule has 4 rings (SSSR count). The SMILES string of the molecule is FC(F)C(F)(F)C(F)(F)C(F)(F)C(F)(F)C(F)(F)C(F)(F)C[PH](CC[PH](CC(F)(F)C(F)(F)C(F)(F)C(F)(F)C(F)(F)C(F)(F)C(F)F)(c1ccccc1)c1ccccc1)(c1ccccc1)c1ccccc1. The maximum atomic E-state index is 16.5. The van der Waals surface area contributed by atoms with Crippen LogP contribution in [-0.4, -0.2) is 109 Å². The van der Waals surface area contributed by atoms with Crippen LogP contribution in [0.4, 0.5) is 123 Å². The van der Waals surface area contributed by atoms with Crippen molar-refractivity contribution in [2.24, 2.45) is 0 Å². The van der Waals surface area contributed by atoms with Crippen molar-refractivity contribution in [1.29, 1.82) is 0 Å². The van der Waals surface area contributed by atoms with E-state index in [0.717, 1.165) is 72.8 Å². The third-order valence-electron chi connectivity index (χ3n) is 12.0. The monoisotopic (exact) mass is 1130 g/mol. The summed E-state index contributed by atoms with van der Waals surface area (Å²) in [5.41, 5.74) is 0. The zero-order valence-electron chi connectivity index (χ0n) is 35.1. The molecule has 0 nitrogen and oxygen atoms in total. The molecule has 0 heterocycles. The summed E-state index contributed by atoms with van der Waals surface area (Å²) in [6.07, 6.45) is -21.5. The Balaban J connectivity index is 2.09. The number of hydrogen-bond acceptors (Lipinski definition) is 0. The maximum absolute atomic E-state index is 16.5. The normalized spacial score (nSPS) is 15.6. The van der Waals surface area contributed by atoms with E-state index < -0.39 is 144 Å². The molecule has 0 unspecified atom stereocenters. The summed E-state index contributed by atoms with van der Waals surface area (Å²) < 4.78 is 412. The Bertz CT molecular complexity index is 2160. The number of alkyl halides is 28. The number of rotatable bonds is 23. The Morgan fingerprint density at radius 1 is 0.264 bits per heavy atom. The van der Waals surface area contributed by atoms with Gasteiger partial charge in [0.25, 0.3) is 0 Å². The van der Waals surface area contributed by atoms with Crippen molar-refractivity contribution in [3.8, 4) is 0 Å². The van der Waals surface area contributed by atoms with E-state index >= 15 is 52.7 Å². The van der Waals surface area contributed by atoms with Gasteiger partial charge in [-0.2, -0.15) is 0 Å². The summed E-state index contributed by atoms with van der Waals surface area (Å²) in [5.74, 6) is -95.9. The van der Waals surface area contributed by atoms with Gasteiger partial charge in [0, 0.05) is 0 Å². The molecule has 30 heteroatoms. The number of benzene rings is 4. The third-order valence-corrected chi connectivity index (χ3v) is 22.6. The predicted octanol–water partition coefficient (Wildman–Crippen LogP) is 13.9. The van der Waals surface area contributed by atoms with E-state index in [9.17, 15) is 70.2 Å². The molecule has 72 heavy (non-hydrogen) atoms. The van der Waals surface area contributed by atoms with Crippen molar-refractivity contribution < 1.29 is 123 Å². The van der Waals surface area contributed by atoms with E-state index in [0.29, 0.717) is 48.5 Å². The Kier molecular flexibility index (Phi) is 16.3. The summed E-state index contributed by atoms with van der Waals surface area (Å²) in [4.78, 5) is 0. The molecule has 0 aliphatic heterocycles. The molecule has 406 valence electrons. The van der Waals surface area contributed by atoms with E-state index in [1.54, 1.807) is 0 Å². The van der Waals surface area contributed by atoms with Gasteiger partial charge in [-0.15, -0.1) is 0 Å². The van der Waals surface area contributed by atoms with Crippen LogP contribution in [0.5, 0.6) is 0 Å². The zero-order valence-corrected chi connectivity index (χ0v) is 37.1. The van der Waals surface area contributed by atoms with Gasteiger partial charge >= 0.3 is 389 Å². The molecule has 0 spiro atoms. The van der Waals surface area contributed by atoms with Gasteiger partial charge in [0.2, 0.25) is 0 Å². The molecule has 0 N–H and O–H groups in total. The molecule has 0 aliphatic rings. The second-order valence-electron chi connectivity index (χ2n) is 16.3. The molecule has 0 fully saturated rings. The summed E-state index contributed by atoms with van der Waals surface area (Å²) >= 11 is 0. The second-order valence-corrected chi connectivity index (χ2v) is 24.7. The first kappa shape index (κ1) is 60.3. The molecule has 0 aliphatic carbocycles. The molecule has 4 aromatic rings. The van der Waals surface area contributed by atoms with Crippen molar-refractivity contribution in [1.82, 2.24) is 0 Å². The van der Waals surface area contributed by atoms with Gasteiger partial charge in [-0.1, -0.05) is 0 Å². The van der Waals surface area contributed by atoms with Gasteiger partial charge in [0.15, 0.2) is 0 Å². The Labute approximate surface area is 388 Å². The summed E-state index contributed by atoms with van der Waals surface area (Å²) in [6.45, 7) is 0. The van der Waals surface area contributed by atoms with E-state index in [1.165, 1.54) is 0 Å². The molecular formula is C42H32F28P2. The topological polar surface area (TPSA) is 0 Å². The molecule has 0 bridgehead atoms. The Hall–Kier alpha value is -4.22. The fourth-order valence-electron chi connectivity index (χ4n) is 7.87. The quantitative estimate of drug-likeness (QED) is 0.0513. The molecule has 0 aromatic heterocycles. The van der Waals surface area contributed by atoms with Gasteiger partial charge < -0.3 is 0 Å². The molecule has 0 atom stereocenters. The minimum atomic E-state index is -8.52. The average molecular weight is 1130 g/mol. The zero-order chi connectivity index (χ0) is 55.4. The summed E-state index contributed by atoms with van der Waals surface area (Å²) in [6, 6.07) is 16.4. The third kappa shape index (κ3) is 9.25. The van der Waals surface area contributed by atoms with Crippen molar-refractivity contribution in [2.45, 2.75) is 83.9 Å². The molecule has 0 radical (unpaired) electrons. The van der Waals surface area contributed by atoms with E-state index in [2.05, 4.69) is 0 Å². The van der Waals surface area contributed by atoms with Crippen LogP contribution in [0.3, 0.4) is 0 Å². The number of halogens is 28. The van der Waals surface area contributed by atoms with Crippen LogP contribution in [0.2, 0.25) is 0 Å². The molecule has 0 amide bonds. The Morgan fingerprint density at radius 2 is 0.444 bits per heavy atom. The fourth-order valence-corrected chi connectivity index (χ4v) is 19.6. The van der Waals surface area contributed by atoms with Crippen LogP contribution in [-0.2, 0) is 0 Å². The van der Waals surface area contributed by atoms with Gasteiger partial charge in [-0.05, 0) is 0 Å². The van der Waals surface area contributed by atoms with Crippen molar-refractivity contribution in [2.75, 3.05) is 24.6 Å². The minimum absolute atomic E-state index is 0.687. The molecule has 0 saturated heterocycles. The first-order chi connectivity index (χ1) is 32.4. The predicted molar refractivity (Wildman–Crippen MR) is 212 cm³/mol. The van der Waals surface area contributed by atoms with Crippen LogP contribution in [0.25, 0.3) is 0 Å². The standard InChI is InChI=1S/C42H32F28P2/c43-29(44)33(51,52)37(59,60)41(67,68)39(63,64)35(55,56)31(47,48)23-71(25-13-5-1-6-14-25,26-15-7-2-8-16-26)21-22-72(27-17-9-3-10-18-27,28-19-11-4-12-20-28)24-32(49,50)36(57,58)40(65,66)42(69,70)38(61,62)34(53,54)30(45)46/h1-20,29-30,71-72H,21-24H2. The van der Waals surface area contributed by atoms with Crippen LogP contribution in [0, 0.1) is 0 Å².